The normalized spacial score (nSPS) is 34.0. The van der Waals surface area contributed by atoms with E-state index in [0.29, 0.717) is 6.42 Å². The monoisotopic (exact) mass is 247 g/mol. The Hall–Kier alpha value is -1.76. The highest BCUT2D eigenvalue weighted by Gasteiger charge is 2.51. The van der Waals surface area contributed by atoms with E-state index in [2.05, 4.69) is 11.2 Å². The smallest absolute Gasteiger partial charge is 0.307 e. The van der Waals surface area contributed by atoms with E-state index >= 15 is 0 Å². The first kappa shape index (κ1) is 12.7. The Bertz CT molecular complexity index is 435. The molecule has 0 aromatic rings. The number of nitrogens with one attached hydrogen (secondary N) is 1. The molecule has 0 aliphatic heterocycles. The van der Waals surface area contributed by atoms with Crippen LogP contribution in [0.4, 0.5) is 0 Å². The lowest BCUT2D eigenvalue weighted by Gasteiger charge is -2.25. The van der Waals surface area contributed by atoms with Gasteiger partial charge in [0.05, 0.1) is 17.9 Å². The number of terminal acetylenes is 1. The average Bonchev–Trinajstić information content (AvgIpc) is 2.95. The predicted molar refractivity (Wildman–Crippen MR) is 66.4 cm³/mol. The van der Waals surface area contributed by atoms with Crippen LogP contribution in [0, 0.1) is 36.0 Å². The summed E-state index contributed by atoms with van der Waals surface area (Å²) in [7, 11) is 0. The summed E-state index contributed by atoms with van der Waals surface area (Å²) in [5, 5.41) is 12.0. The molecule has 1 fully saturated rings. The van der Waals surface area contributed by atoms with Gasteiger partial charge in [0, 0.05) is 0 Å². The second-order valence-corrected chi connectivity index (χ2v) is 4.97. The number of allylic oxidation sites excluding steroid dienone is 2. The zero-order chi connectivity index (χ0) is 13.3. The maximum atomic E-state index is 12.2. The molecule has 0 radical (unpaired) electrons. The molecule has 2 bridgehead atoms. The molecule has 5 unspecified atom stereocenters. The maximum absolute atomic E-state index is 12.2. The van der Waals surface area contributed by atoms with Gasteiger partial charge in [-0.2, -0.15) is 0 Å². The Morgan fingerprint density at radius 3 is 2.56 bits per heavy atom. The number of aliphatic carboxylic acids is 1. The summed E-state index contributed by atoms with van der Waals surface area (Å²) in [4.78, 5) is 23.5. The first-order valence-electron chi connectivity index (χ1n) is 6.26. The fraction of sp³-hybridized carbons (Fsp3) is 0.571. The van der Waals surface area contributed by atoms with Gasteiger partial charge >= 0.3 is 5.97 Å². The highest BCUT2D eigenvalue weighted by Crippen LogP contribution is 2.48. The van der Waals surface area contributed by atoms with E-state index in [9.17, 15) is 14.7 Å². The number of carbonyl (C=O) groups is 2. The van der Waals surface area contributed by atoms with Crippen LogP contribution in [0.5, 0.6) is 0 Å². The molecule has 2 N–H and O–H groups in total. The van der Waals surface area contributed by atoms with Crippen molar-refractivity contribution in [2.45, 2.75) is 25.8 Å². The number of carboxylic acid groups (broad SMARTS) is 1. The van der Waals surface area contributed by atoms with Crippen molar-refractivity contribution >= 4 is 11.9 Å². The molecule has 4 nitrogen and oxygen atoms in total. The summed E-state index contributed by atoms with van der Waals surface area (Å²) in [6.07, 6.45) is 10.6. The molecule has 1 amide bonds. The second-order valence-electron chi connectivity index (χ2n) is 4.97. The number of rotatable bonds is 4. The quantitative estimate of drug-likeness (QED) is 0.576. The number of carboxylic acids is 1. The van der Waals surface area contributed by atoms with Gasteiger partial charge in [-0.15, -0.1) is 6.42 Å². The van der Waals surface area contributed by atoms with Crippen molar-refractivity contribution in [3.05, 3.63) is 12.2 Å². The number of hydrogen-bond acceptors (Lipinski definition) is 2. The minimum Gasteiger partial charge on any atom is -0.481 e. The molecule has 96 valence electrons. The lowest BCUT2D eigenvalue weighted by Crippen LogP contribution is -2.43. The van der Waals surface area contributed by atoms with Gasteiger partial charge in [0.25, 0.3) is 0 Å². The van der Waals surface area contributed by atoms with Crippen LogP contribution in [0.15, 0.2) is 12.2 Å². The fourth-order valence-corrected chi connectivity index (χ4v) is 3.05. The van der Waals surface area contributed by atoms with Crippen LogP contribution in [0.2, 0.25) is 0 Å². The van der Waals surface area contributed by atoms with Crippen LogP contribution in [0.3, 0.4) is 0 Å². The molecule has 2 aliphatic carbocycles. The number of carbonyl (C=O) groups excluding carboxylic acids is 1. The third kappa shape index (κ3) is 2.01. The lowest BCUT2D eigenvalue weighted by molar-refractivity contribution is -0.147. The molecule has 0 aromatic heterocycles. The predicted octanol–water partition coefficient (Wildman–Crippen LogP) is 1.04. The van der Waals surface area contributed by atoms with Crippen molar-refractivity contribution in [1.29, 1.82) is 0 Å². The van der Waals surface area contributed by atoms with E-state index in [4.69, 9.17) is 6.42 Å². The Morgan fingerprint density at radius 1 is 1.44 bits per heavy atom. The standard InChI is InChI=1S/C14H17NO3/c1-3-10(4-2)15-13(16)11-8-5-6-9(7-8)12(11)14(17)18/h1,5-6,8-12H,4,7H2,2H3,(H,15,16)(H,17,18). The van der Waals surface area contributed by atoms with Crippen molar-refractivity contribution in [1.82, 2.24) is 5.32 Å². The summed E-state index contributed by atoms with van der Waals surface area (Å²) in [5.41, 5.74) is 0. The maximum Gasteiger partial charge on any atom is 0.307 e. The average molecular weight is 247 g/mol. The molecule has 0 heterocycles. The molecule has 2 aliphatic rings. The van der Waals surface area contributed by atoms with E-state index < -0.39 is 17.8 Å². The van der Waals surface area contributed by atoms with E-state index in [1.807, 2.05) is 19.1 Å². The minimum absolute atomic E-state index is 0.00541. The molecule has 0 saturated heterocycles. The first-order chi connectivity index (χ1) is 8.58. The van der Waals surface area contributed by atoms with E-state index in [0.717, 1.165) is 6.42 Å². The summed E-state index contributed by atoms with van der Waals surface area (Å²) < 4.78 is 0. The molecule has 0 spiro atoms. The summed E-state index contributed by atoms with van der Waals surface area (Å²) in [6, 6.07) is -0.310. The highest BCUT2D eigenvalue weighted by molar-refractivity contribution is 5.87. The van der Waals surface area contributed by atoms with Crippen LogP contribution < -0.4 is 5.32 Å². The first-order valence-corrected chi connectivity index (χ1v) is 6.26. The van der Waals surface area contributed by atoms with Crippen molar-refractivity contribution in [2.75, 3.05) is 0 Å². The van der Waals surface area contributed by atoms with Crippen molar-refractivity contribution in [3.63, 3.8) is 0 Å². The Morgan fingerprint density at radius 2 is 2.06 bits per heavy atom. The molecule has 2 rings (SSSR count). The van der Waals surface area contributed by atoms with E-state index in [-0.39, 0.29) is 23.8 Å². The molecule has 18 heavy (non-hydrogen) atoms. The van der Waals surface area contributed by atoms with Gasteiger partial charge in [0.2, 0.25) is 5.91 Å². The van der Waals surface area contributed by atoms with Gasteiger partial charge in [0.15, 0.2) is 0 Å². The van der Waals surface area contributed by atoms with Gasteiger partial charge in [-0.1, -0.05) is 25.0 Å². The minimum atomic E-state index is -0.888. The van der Waals surface area contributed by atoms with Crippen LogP contribution in [0.25, 0.3) is 0 Å². The molecular weight excluding hydrogens is 230 g/mol. The Labute approximate surface area is 106 Å². The van der Waals surface area contributed by atoms with Gasteiger partial charge in [-0.3, -0.25) is 9.59 Å². The van der Waals surface area contributed by atoms with Crippen LogP contribution in [0.1, 0.15) is 19.8 Å². The Balaban J connectivity index is 2.12. The van der Waals surface area contributed by atoms with Crippen LogP contribution in [-0.2, 0) is 9.59 Å². The highest BCUT2D eigenvalue weighted by atomic mass is 16.4. The fourth-order valence-electron chi connectivity index (χ4n) is 3.05. The van der Waals surface area contributed by atoms with Gasteiger partial charge in [-0.25, -0.2) is 0 Å². The zero-order valence-corrected chi connectivity index (χ0v) is 10.3. The summed E-state index contributed by atoms with van der Waals surface area (Å²) >= 11 is 0. The van der Waals surface area contributed by atoms with Crippen LogP contribution >= 0.6 is 0 Å². The number of hydrogen-bond donors (Lipinski definition) is 2. The molecular formula is C14H17NO3. The van der Waals surface area contributed by atoms with Crippen molar-refractivity contribution < 1.29 is 14.7 Å². The lowest BCUT2D eigenvalue weighted by atomic mass is 9.82. The topological polar surface area (TPSA) is 66.4 Å². The Kier molecular flexibility index (Phi) is 3.42. The number of amides is 1. The molecule has 0 aromatic carbocycles. The largest absolute Gasteiger partial charge is 0.481 e. The zero-order valence-electron chi connectivity index (χ0n) is 10.3. The second kappa shape index (κ2) is 4.85. The van der Waals surface area contributed by atoms with Crippen molar-refractivity contribution in [2.24, 2.45) is 23.7 Å². The third-order valence-electron chi connectivity index (χ3n) is 3.97. The van der Waals surface area contributed by atoms with Crippen molar-refractivity contribution in [3.8, 4) is 12.3 Å². The van der Waals surface area contributed by atoms with E-state index in [1.54, 1.807) is 0 Å². The molecule has 1 saturated carbocycles. The van der Waals surface area contributed by atoms with E-state index in [1.165, 1.54) is 0 Å². The SMILES string of the molecule is C#CC(CC)NC(=O)C1C2C=CC(C2)C1C(=O)O. The molecule has 5 atom stereocenters. The number of fused-ring (bicyclic) bond motifs is 2. The van der Waals surface area contributed by atoms with Gasteiger partial charge in [0.1, 0.15) is 0 Å². The summed E-state index contributed by atoms with van der Waals surface area (Å²) in [5.74, 6) is 0.358. The van der Waals surface area contributed by atoms with Crippen LogP contribution in [-0.4, -0.2) is 23.0 Å². The summed E-state index contributed by atoms with van der Waals surface area (Å²) in [6.45, 7) is 1.89. The van der Waals surface area contributed by atoms with Gasteiger partial charge in [-0.05, 0) is 24.7 Å². The third-order valence-corrected chi connectivity index (χ3v) is 3.97. The van der Waals surface area contributed by atoms with Gasteiger partial charge < -0.3 is 10.4 Å². The molecule has 4 heteroatoms.